The van der Waals surface area contributed by atoms with Crippen LogP contribution < -0.4 is 5.32 Å². The van der Waals surface area contributed by atoms with Crippen LogP contribution in [0.3, 0.4) is 0 Å². The van der Waals surface area contributed by atoms with E-state index in [1.807, 2.05) is 0 Å². The Bertz CT molecular complexity index is 505. The van der Waals surface area contributed by atoms with Gasteiger partial charge in [0.2, 0.25) is 0 Å². The fourth-order valence-corrected chi connectivity index (χ4v) is 2.14. The highest BCUT2D eigenvalue weighted by Crippen LogP contribution is 2.34. The maximum atomic E-state index is 12.0. The van der Waals surface area contributed by atoms with Gasteiger partial charge in [0.05, 0.1) is 6.42 Å². The van der Waals surface area contributed by atoms with Crippen LogP contribution in [0.4, 0.5) is 0 Å². The molecule has 0 saturated heterocycles. The number of benzene rings is 1. The van der Waals surface area contributed by atoms with Gasteiger partial charge in [0, 0.05) is 17.2 Å². The van der Waals surface area contributed by atoms with E-state index >= 15 is 0 Å². The van der Waals surface area contributed by atoms with E-state index < -0.39 is 5.97 Å². The van der Waals surface area contributed by atoms with Gasteiger partial charge in [-0.3, -0.25) is 14.4 Å². The topological polar surface area (TPSA) is 83.5 Å². The Morgan fingerprint density at radius 2 is 1.95 bits per heavy atom. The minimum Gasteiger partial charge on any atom is -0.481 e. The number of carboxylic acids is 1. The summed E-state index contributed by atoms with van der Waals surface area (Å²) in [7, 11) is 0. The zero-order chi connectivity index (χ0) is 14.5. The summed E-state index contributed by atoms with van der Waals surface area (Å²) in [5.41, 5.74) is 0.934. The lowest BCUT2D eigenvalue weighted by Crippen LogP contribution is -2.36. The van der Waals surface area contributed by atoms with Gasteiger partial charge in [0.15, 0.2) is 0 Å². The molecule has 2 N–H and O–H groups in total. The normalized spacial score (nSPS) is 15.4. The van der Waals surface area contributed by atoms with Crippen LogP contribution in [0, 0.1) is 5.92 Å². The van der Waals surface area contributed by atoms with Gasteiger partial charge in [0.25, 0.3) is 5.91 Å². The fraction of sp³-hybridized carbons (Fsp3) is 0.400. The first-order valence-corrected chi connectivity index (χ1v) is 6.66. The Morgan fingerprint density at radius 3 is 2.45 bits per heavy atom. The van der Waals surface area contributed by atoms with Gasteiger partial charge in [-0.25, -0.2) is 0 Å². The molecule has 0 spiro atoms. The van der Waals surface area contributed by atoms with Crippen molar-refractivity contribution in [2.45, 2.75) is 31.7 Å². The number of amides is 1. The minimum absolute atomic E-state index is 0.0609. The third-order valence-electron chi connectivity index (χ3n) is 3.38. The summed E-state index contributed by atoms with van der Waals surface area (Å²) >= 11 is 0. The van der Waals surface area contributed by atoms with E-state index in [4.69, 9.17) is 5.11 Å². The molecule has 1 aliphatic carbocycles. The average Bonchev–Trinajstić information content (AvgIpc) is 3.22. The maximum absolute atomic E-state index is 12.0. The highest BCUT2D eigenvalue weighted by atomic mass is 16.4. The van der Waals surface area contributed by atoms with Gasteiger partial charge in [-0.2, -0.15) is 0 Å². The third-order valence-corrected chi connectivity index (χ3v) is 3.38. The Balaban J connectivity index is 1.97. The molecule has 5 nitrogen and oxygen atoms in total. The minimum atomic E-state index is -0.910. The van der Waals surface area contributed by atoms with Crippen molar-refractivity contribution in [3.63, 3.8) is 0 Å². The lowest BCUT2D eigenvalue weighted by molar-refractivity contribution is -0.137. The zero-order valence-electron chi connectivity index (χ0n) is 11.0. The van der Waals surface area contributed by atoms with Crippen molar-refractivity contribution < 1.29 is 19.5 Å². The Morgan fingerprint density at radius 1 is 1.30 bits per heavy atom. The van der Waals surface area contributed by atoms with Crippen LogP contribution in [0.1, 0.15) is 46.4 Å². The van der Waals surface area contributed by atoms with E-state index in [0.29, 0.717) is 29.8 Å². The quantitative estimate of drug-likeness (QED) is 0.744. The SMILES string of the molecule is O=Cc1ccc(C(=O)NC(CC(=O)O)CC2CC2)cc1. The van der Waals surface area contributed by atoms with Crippen LogP contribution in [0.5, 0.6) is 0 Å². The van der Waals surface area contributed by atoms with Gasteiger partial charge in [0.1, 0.15) is 6.29 Å². The number of hydrogen-bond acceptors (Lipinski definition) is 3. The number of carbonyl (C=O) groups excluding carboxylic acids is 2. The molecule has 0 bridgehead atoms. The molecule has 106 valence electrons. The smallest absolute Gasteiger partial charge is 0.305 e. The molecule has 1 unspecified atom stereocenters. The van der Waals surface area contributed by atoms with Crippen LogP contribution in [0.2, 0.25) is 0 Å². The Hall–Kier alpha value is -2.17. The molecule has 1 saturated carbocycles. The van der Waals surface area contributed by atoms with Crippen LogP contribution in [-0.2, 0) is 4.79 Å². The summed E-state index contributed by atoms with van der Waals surface area (Å²) in [4.78, 5) is 33.4. The first-order valence-electron chi connectivity index (χ1n) is 6.66. The van der Waals surface area contributed by atoms with Gasteiger partial charge >= 0.3 is 5.97 Å². The summed E-state index contributed by atoms with van der Waals surface area (Å²) in [6.07, 6.45) is 3.58. The third kappa shape index (κ3) is 4.19. The summed E-state index contributed by atoms with van der Waals surface area (Å²) in [5.74, 6) is -0.668. The molecule has 1 atom stereocenters. The molecule has 1 amide bonds. The van der Waals surface area contributed by atoms with E-state index in [1.165, 1.54) is 0 Å². The van der Waals surface area contributed by atoms with Crippen molar-refractivity contribution in [1.29, 1.82) is 0 Å². The van der Waals surface area contributed by atoms with Crippen LogP contribution in [-0.4, -0.2) is 29.3 Å². The molecular weight excluding hydrogens is 258 g/mol. The first-order chi connectivity index (χ1) is 9.58. The summed E-state index contributed by atoms with van der Waals surface area (Å²) < 4.78 is 0. The average molecular weight is 275 g/mol. The Kier molecular flexibility index (Phi) is 4.50. The summed E-state index contributed by atoms with van der Waals surface area (Å²) in [5, 5.41) is 11.6. The molecular formula is C15H17NO4. The monoisotopic (exact) mass is 275 g/mol. The highest BCUT2D eigenvalue weighted by Gasteiger charge is 2.27. The highest BCUT2D eigenvalue weighted by molar-refractivity contribution is 5.95. The molecule has 1 aromatic carbocycles. The van der Waals surface area contributed by atoms with E-state index in [-0.39, 0.29) is 18.4 Å². The molecule has 0 aromatic heterocycles. The van der Waals surface area contributed by atoms with E-state index in [0.717, 1.165) is 12.8 Å². The molecule has 0 radical (unpaired) electrons. The second-order valence-corrected chi connectivity index (χ2v) is 5.19. The number of aliphatic carboxylic acids is 1. The van der Waals surface area contributed by atoms with Crippen LogP contribution >= 0.6 is 0 Å². The molecule has 0 aliphatic heterocycles. The molecule has 5 heteroatoms. The van der Waals surface area contributed by atoms with Crippen molar-refractivity contribution in [3.05, 3.63) is 35.4 Å². The molecule has 1 aliphatic rings. The fourth-order valence-electron chi connectivity index (χ4n) is 2.14. The van der Waals surface area contributed by atoms with Crippen molar-refractivity contribution >= 4 is 18.2 Å². The predicted octanol–water partition coefficient (Wildman–Crippen LogP) is 1.87. The maximum Gasteiger partial charge on any atom is 0.305 e. The first kappa shape index (κ1) is 14.2. The second kappa shape index (κ2) is 6.32. The van der Waals surface area contributed by atoms with Gasteiger partial charge < -0.3 is 10.4 Å². The molecule has 20 heavy (non-hydrogen) atoms. The van der Waals surface area contributed by atoms with Gasteiger partial charge in [-0.15, -0.1) is 0 Å². The predicted molar refractivity (Wildman–Crippen MR) is 72.7 cm³/mol. The van der Waals surface area contributed by atoms with E-state index in [1.54, 1.807) is 24.3 Å². The van der Waals surface area contributed by atoms with Crippen molar-refractivity contribution in [2.75, 3.05) is 0 Å². The summed E-state index contributed by atoms with van der Waals surface area (Å²) in [6, 6.07) is 5.92. The number of rotatable bonds is 7. The van der Waals surface area contributed by atoms with E-state index in [9.17, 15) is 14.4 Å². The zero-order valence-corrected chi connectivity index (χ0v) is 11.0. The number of carboxylic acid groups (broad SMARTS) is 1. The van der Waals surface area contributed by atoms with Crippen LogP contribution in [0.15, 0.2) is 24.3 Å². The number of carbonyl (C=O) groups is 3. The van der Waals surface area contributed by atoms with Crippen molar-refractivity contribution in [1.82, 2.24) is 5.32 Å². The van der Waals surface area contributed by atoms with Crippen molar-refractivity contribution in [2.24, 2.45) is 5.92 Å². The molecule has 2 rings (SSSR count). The number of hydrogen-bond donors (Lipinski definition) is 2. The molecule has 0 heterocycles. The molecule has 1 aromatic rings. The Labute approximate surface area is 117 Å². The lowest BCUT2D eigenvalue weighted by atomic mass is 10.1. The second-order valence-electron chi connectivity index (χ2n) is 5.19. The largest absolute Gasteiger partial charge is 0.481 e. The standard InChI is InChI=1S/C15H17NO4/c17-9-11-3-5-12(6-4-11)15(20)16-13(8-14(18)19)7-10-1-2-10/h3-6,9-10,13H,1-2,7-8H2,(H,16,20)(H,18,19). The van der Waals surface area contributed by atoms with Crippen molar-refractivity contribution in [3.8, 4) is 0 Å². The van der Waals surface area contributed by atoms with Gasteiger partial charge in [-0.05, 0) is 24.5 Å². The number of aldehydes is 1. The van der Waals surface area contributed by atoms with Crippen LogP contribution in [0.25, 0.3) is 0 Å². The summed E-state index contributed by atoms with van der Waals surface area (Å²) in [6.45, 7) is 0. The van der Waals surface area contributed by atoms with E-state index in [2.05, 4.69) is 5.32 Å². The molecule has 1 fully saturated rings. The lowest BCUT2D eigenvalue weighted by Gasteiger charge is -2.16. The number of nitrogens with one attached hydrogen (secondary N) is 1. The van der Waals surface area contributed by atoms with Gasteiger partial charge in [-0.1, -0.05) is 25.0 Å².